The Morgan fingerprint density at radius 1 is 1.33 bits per heavy atom. The second-order valence-electron chi connectivity index (χ2n) is 3.33. The summed E-state index contributed by atoms with van der Waals surface area (Å²) in [6.45, 7) is 3.79. The van der Waals surface area contributed by atoms with Crippen LogP contribution in [0.3, 0.4) is 0 Å². The summed E-state index contributed by atoms with van der Waals surface area (Å²) in [6.07, 6.45) is 0. The second-order valence-corrected chi connectivity index (χ2v) is 4.18. The van der Waals surface area contributed by atoms with Crippen molar-refractivity contribution in [3.8, 4) is 5.69 Å². The average Bonchev–Trinajstić information content (AvgIpc) is 2.45. The summed E-state index contributed by atoms with van der Waals surface area (Å²) < 4.78 is 2.70. The number of nitrogen functional groups attached to an aromatic ring is 1. The van der Waals surface area contributed by atoms with Crippen LogP contribution in [0.5, 0.6) is 0 Å². The topological polar surface area (TPSA) is 56.7 Å². The first-order valence-electron chi connectivity index (χ1n) is 4.53. The number of nitrogens with two attached hydrogens (primary N) is 1. The molecule has 5 heteroatoms. The number of benzene rings is 1. The molecule has 4 nitrogen and oxygen atoms in total. The molecule has 0 saturated carbocycles. The predicted octanol–water partition coefficient (Wildman–Crippen LogP) is 2.23. The zero-order valence-corrected chi connectivity index (χ0v) is 10.1. The molecular weight excluding hydrogens is 256 g/mol. The van der Waals surface area contributed by atoms with E-state index in [-0.39, 0.29) is 0 Å². The molecule has 0 spiro atoms. The van der Waals surface area contributed by atoms with E-state index in [0.717, 1.165) is 27.5 Å². The highest BCUT2D eigenvalue weighted by molar-refractivity contribution is 9.10. The Labute approximate surface area is 96.3 Å². The Hall–Kier alpha value is -1.36. The van der Waals surface area contributed by atoms with Crippen LogP contribution in [0.15, 0.2) is 22.7 Å². The van der Waals surface area contributed by atoms with Gasteiger partial charge in [0.2, 0.25) is 0 Å². The molecule has 0 amide bonds. The maximum absolute atomic E-state index is 5.67. The molecule has 78 valence electrons. The molecule has 0 bridgehead atoms. The summed E-state index contributed by atoms with van der Waals surface area (Å²) in [5.74, 6) is 1.62. The summed E-state index contributed by atoms with van der Waals surface area (Å²) in [6, 6.07) is 5.61. The van der Waals surface area contributed by atoms with Crippen molar-refractivity contribution >= 4 is 21.6 Å². The molecule has 1 aromatic heterocycles. The number of hydrogen-bond acceptors (Lipinski definition) is 3. The van der Waals surface area contributed by atoms with E-state index in [1.807, 2.05) is 32.0 Å². The van der Waals surface area contributed by atoms with Crippen molar-refractivity contribution in [1.29, 1.82) is 0 Å². The lowest BCUT2D eigenvalue weighted by Gasteiger charge is -2.06. The number of rotatable bonds is 1. The summed E-state index contributed by atoms with van der Waals surface area (Å²) in [7, 11) is 0. The van der Waals surface area contributed by atoms with Crippen LogP contribution in [0.1, 0.15) is 11.6 Å². The first kappa shape index (κ1) is 10.2. The molecule has 2 rings (SSSR count). The average molecular weight is 267 g/mol. The number of hydrogen-bond donors (Lipinski definition) is 1. The molecule has 1 aromatic carbocycles. The molecule has 0 fully saturated rings. The third-order valence-corrected chi connectivity index (χ3v) is 2.71. The van der Waals surface area contributed by atoms with Gasteiger partial charge in [0.05, 0.1) is 5.69 Å². The number of aryl methyl sites for hydroxylation is 2. The summed E-state index contributed by atoms with van der Waals surface area (Å²) >= 11 is 3.46. The van der Waals surface area contributed by atoms with E-state index in [9.17, 15) is 0 Å². The minimum absolute atomic E-state index is 0.722. The summed E-state index contributed by atoms with van der Waals surface area (Å²) in [5, 5.41) is 4.31. The lowest BCUT2D eigenvalue weighted by molar-refractivity contribution is 0.828. The fourth-order valence-electron chi connectivity index (χ4n) is 1.44. The van der Waals surface area contributed by atoms with Crippen LogP contribution < -0.4 is 5.73 Å². The molecule has 0 aliphatic rings. The Kier molecular flexibility index (Phi) is 2.48. The van der Waals surface area contributed by atoms with E-state index in [0.29, 0.717) is 0 Å². The summed E-state index contributed by atoms with van der Waals surface area (Å²) in [4.78, 5) is 4.25. The van der Waals surface area contributed by atoms with Crippen LogP contribution in [0, 0.1) is 13.8 Å². The highest BCUT2D eigenvalue weighted by Crippen LogP contribution is 2.23. The second kappa shape index (κ2) is 3.66. The molecule has 0 saturated heterocycles. The fourth-order valence-corrected chi connectivity index (χ4v) is 2.01. The third kappa shape index (κ3) is 1.87. The van der Waals surface area contributed by atoms with Gasteiger partial charge >= 0.3 is 0 Å². The molecule has 1 heterocycles. The van der Waals surface area contributed by atoms with Gasteiger partial charge in [-0.3, -0.25) is 0 Å². The Bertz CT molecular complexity index is 504. The number of halogens is 1. The molecule has 0 unspecified atom stereocenters. The van der Waals surface area contributed by atoms with E-state index in [4.69, 9.17) is 5.73 Å². The van der Waals surface area contributed by atoms with Gasteiger partial charge in [-0.1, -0.05) is 0 Å². The highest BCUT2D eigenvalue weighted by Gasteiger charge is 2.08. The molecule has 0 aliphatic heterocycles. The van der Waals surface area contributed by atoms with Gasteiger partial charge in [-0.2, -0.15) is 5.10 Å². The zero-order valence-electron chi connectivity index (χ0n) is 8.53. The number of aromatic nitrogens is 3. The van der Waals surface area contributed by atoms with Gasteiger partial charge in [-0.05, 0) is 48.0 Å². The van der Waals surface area contributed by atoms with Crippen molar-refractivity contribution in [3.63, 3.8) is 0 Å². The third-order valence-electron chi connectivity index (χ3n) is 2.07. The molecule has 15 heavy (non-hydrogen) atoms. The molecular formula is C10H11BrN4. The lowest BCUT2D eigenvalue weighted by atomic mass is 10.3. The van der Waals surface area contributed by atoms with Crippen molar-refractivity contribution in [2.75, 3.05) is 5.73 Å². The van der Waals surface area contributed by atoms with E-state index < -0.39 is 0 Å². The van der Waals surface area contributed by atoms with Crippen LogP contribution in [0.2, 0.25) is 0 Å². The predicted molar refractivity (Wildman–Crippen MR) is 62.9 cm³/mol. The van der Waals surface area contributed by atoms with Gasteiger partial charge in [-0.25, -0.2) is 9.67 Å². The van der Waals surface area contributed by atoms with Gasteiger partial charge in [0.15, 0.2) is 0 Å². The lowest BCUT2D eigenvalue weighted by Crippen LogP contribution is -2.00. The van der Waals surface area contributed by atoms with Crippen LogP contribution in [0.25, 0.3) is 5.69 Å². The normalized spacial score (nSPS) is 10.6. The quantitative estimate of drug-likeness (QED) is 0.806. The minimum atomic E-state index is 0.722. The Balaban J connectivity index is 2.59. The first-order valence-corrected chi connectivity index (χ1v) is 5.33. The zero-order chi connectivity index (χ0) is 11.0. The fraction of sp³-hybridized carbons (Fsp3) is 0.200. The van der Waals surface area contributed by atoms with Crippen molar-refractivity contribution < 1.29 is 0 Å². The van der Waals surface area contributed by atoms with Crippen LogP contribution >= 0.6 is 15.9 Å². The monoisotopic (exact) mass is 266 g/mol. The van der Waals surface area contributed by atoms with Crippen LogP contribution in [-0.2, 0) is 0 Å². The van der Waals surface area contributed by atoms with Crippen molar-refractivity contribution in [3.05, 3.63) is 34.3 Å². The molecule has 2 aromatic rings. The molecule has 2 N–H and O–H groups in total. The van der Waals surface area contributed by atoms with E-state index in [2.05, 4.69) is 26.0 Å². The maximum Gasteiger partial charge on any atom is 0.148 e. The largest absolute Gasteiger partial charge is 0.399 e. The van der Waals surface area contributed by atoms with Gasteiger partial charge in [0, 0.05) is 10.2 Å². The minimum Gasteiger partial charge on any atom is -0.399 e. The Morgan fingerprint density at radius 3 is 2.60 bits per heavy atom. The Morgan fingerprint density at radius 2 is 2.07 bits per heavy atom. The molecule has 0 atom stereocenters. The molecule has 0 radical (unpaired) electrons. The van der Waals surface area contributed by atoms with Gasteiger partial charge in [0.25, 0.3) is 0 Å². The van der Waals surface area contributed by atoms with Gasteiger partial charge < -0.3 is 5.73 Å². The van der Waals surface area contributed by atoms with E-state index in [1.54, 1.807) is 4.68 Å². The van der Waals surface area contributed by atoms with Crippen LogP contribution in [-0.4, -0.2) is 14.8 Å². The number of anilines is 1. The van der Waals surface area contributed by atoms with E-state index in [1.165, 1.54) is 0 Å². The maximum atomic E-state index is 5.67. The molecule has 0 aliphatic carbocycles. The SMILES string of the molecule is Cc1nc(C)n(-c2ccc(N)cc2Br)n1. The standard InChI is InChI=1S/C10H11BrN4/c1-6-13-7(2)15(14-6)10-4-3-8(12)5-9(10)11/h3-5H,12H2,1-2H3. The van der Waals surface area contributed by atoms with Gasteiger partial charge in [-0.15, -0.1) is 0 Å². The highest BCUT2D eigenvalue weighted by atomic mass is 79.9. The smallest absolute Gasteiger partial charge is 0.148 e. The first-order chi connectivity index (χ1) is 7.08. The van der Waals surface area contributed by atoms with E-state index >= 15 is 0 Å². The number of nitrogens with zero attached hydrogens (tertiary/aromatic N) is 3. The van der Waals surface area contributed by atoms with Crippen molar-refractivity contribution in [2.24, 2.45) is 0 Å². The van der Waals surface area contributed by atoms with Crippen molar-refractivity contribution in [1.82, 2.24) is 14.8 Å². The van der Waals surface area contributed by atoms with Crippen molar-refractivity contribution in [2.45, 2.75) is 13.8 Å². The summed E-state index contributed by atoms with van der Waals surface area (Å²) in [5.41, 5.74) is 7.34. The van der Waals surface area contributed by atoms with Gasteiger partial charge in [0.1, 0.15) is 11.6 Å². The van der Waals surface area contributed by atoms with Crippen LogP contribution in [0.4, 0.5) is 5.69 Å².